The molecule has 0 spiro atoms. The van der Waals surface area contributed by atoms with E-state index in [1.807, 2.05) is 85.3 Å². The van der Waals surface area contributed by atoms with Gasteiger partial charge in [0.1, 0.15) is 23.9 Å². The molecule has 0 bridgehead atoms. The minimum Gasteiger partial charge on any atom is -0.494 e. The number of aryl methyl sites for hydroxylation is 1. The molecule has 5 rings (SSSR count). The van der Waals surface area contributed by atoms with E-state index >= 15 is 0 Å². The van der Waals surface area contributed by atoms with E-state index in [0.717, 1.165) is 43.1 Å². The van der Waals surface area contributed by atoms with E-state index in [2.05, 4.69) is 0 Å². The lowest BCUT2D eigenvalue weighted by Crippen LogP contribution is -2.11. The van der Waals surface area contributed by atoms with Crippen LogP contribution in [0.4, 0.5) is 0 Å². The number of rotatable bonds is 14. The number of carbonyl (C=O) groups is 3. The Labute approximate surface area is 281 Å². The molecule has 0 unspecified atom stereocenters. The summed E-state index contributed by atoms with van der Waals surface area (Å²) < 4.78 is 17.8. The van der Waals surface area contributed by atoms with Crippen molar-refractivity contribution in [2.75, 3.05) is 19.8 Å². The molecule has 0 aliphatic heterocycles. The average molecular weight is 667 g/mol. The normalized spacial score (nSPS) is 10.7. The largest absolute Gasteiger partial charge is 0.494 e. The second kappa shape index (κ2) is 15.1. The number of carboxylic acid groups (broad SMARTS) is 1. The van der Waals surface area contributed by atoms with Gasteiger partial charge < -0.3 is 19.3 Å². The summed E-state index contributed by atoms with van der Waals surface area (Å²) in [5.41, 5.74) is 6.90. The Hall–Kier alpha value is -4.99. The Bertz CT molecular complexity index is 1830. The van der Waals surface area contributed by atoms with Gasteiger partial charge in [0.2, 0.25) is 0 Å². The highest BCUT2D eigenvalue weighted by Gasteiger charge is 2.17. The standard InChI is InChI=1S/C38H34O7S2/c1-5-43-34(19-44-32-14-15-33(23(2)16-32)45-20-37(41)42)38(28-10-6-26(7-11-28)35-17-30(21-46-35)24(3)39)29-12-8-27(9-13-29)36-18-31(22-47-36)25(4)40/h6-18,21-22H,5,19-20H2,1-4H3,(H,41,42). The van der Waals surface area contributed by atoms with Gasteiger partial charge in [0.25, 0.3) is 0 Å². The van der Waals surface area contributed by atoms with Crippen LogP contribution in [0.2, 0.25) is 0 Å². The first-order valence-corrected chi connectivity index (χ1v) is 16.7. The van der Waals surface area contributed by atoms with Gasteiger partial charge in [-0.1, -0.05) is 48.5 Å². The molecule has 3 aromatic carbocycles. The molecule has 47 heavy (non-hydrogen) atoms. The molecule has 240 valence electrons. The minimum atomic E-state index is -1.04. The van der Waals surface area contributed by atoms with Gasteiger partial charge in [0, 0.05) is 37.2 Å². The number of hydrogen-bond acceptors (Lipinski definition) is 8. The van der Waals surface area contributed by atoms with Crippen LogP contribution >= 0.6 is 22.7 Å². The van der Waals surface area contributed by atoms with Crippen molar-refractivity contribution in [3.8, 4) is 32.4 Å². The zero-order chi connectivity index (χ0) is 33.5. The summed E-state index contributed by atoms with van der Waals surface area (Å²) >= 11 is 3.07. The molecule has 0 saturated heterocycles. The maximum absolute atomic E-state index is 11.9. The smallest absolute Gasteiger partial charge is 0.341 e. The van der Waals surface area contributed by atoms with Gasteiger partial charge in [-0.15, -0.1) is 22.7 Å². The number of thiophene rings is 2. The zero-order valence-corrected chi connectivity index (χ0v) is 28.1. The molecule has 0 amide bonds. The van der Waals surface area contributed by atoms with Crippen molar-refractivity contribution >= 4 is 45.8 Å². The second-order valence-corrected chi connectivity index (χ2v) is 12.6. The Morgan fingerprint density at radius 2 is 1.21 bits per heavy atom. The monoisotopic (exact) mass is 666 g/mol. The van der Waals surface area contributed by atoms with Gasteiger partial charge in [0.15, 0.2) is 18.2 Å². The topological polar surface area (TPSA) is 99.1 Å². The first-order chi connectivity index (χ1) is 22.6. The Kier molecular flexibility index (Phi) is 10.7. The molecule has 1 N–H and O–H groups in total. The molecule has 0 radical (unpaired) electrons. The van der Waals surface area contributed by atoms with Gasteiger partial charge in [0.05, 0.1) is 6.61 Å². The van der Waals surface area contributed by atoms with E-state index in [0.29, 0.717) is 35.0 Å². The van der Waals surface area contributed by atoms with E-state index in [4.69, 9.17) is 19.3 Å². The first kappa shape index (κ1) is 33.4. The SMILES string of the molecule is CCOC(COc1ccc(OCC(=O)O)c(C)c1)=C(c1ccc(-c2cc(C(C)=O)cs2)cc1)c1ccc(-c2cc(C(C)=O)cs2)cc1. The van der Waals surface area contributed by atoms with Crippen molar-refractivity contribution in [1.29, 1.82) is 0 Å². The van der Waals surface area contributed by atoms with Crippen LogP contribution in [0, 0.1) is 6.92 Å². The van der Waals surface area contributed by atoms with Crippen molar-refractivity contribution in [2.24, 2.45) is 0 Å². The fourth-order valence-corrected chi connectivity index (χ4v) is 6.87. The van der Waals surface area contributed by atoms with E-state index in [9.17, 15) is 14.4 Å². The Morgan fingerprint density at radius 1 is 0.681 bits per heavy atom. The zero-order valence-electron chi connectivity index (χ0n) is 26.5. The fraction of sp³-hybridized carbons (Fsp3) is 0.184. The summed E-state index contributed by atoms with van der Waals surface area (Å²) in [4.78, 5) is 36.7. The molecule has 0 aliphatic rings. The number of aliphatic carboxylic acids is 1. The molecule has 5 aromatic rings. The lowest BCUT2D eigenvalue weighted by atomic mass is 9.94. The van der Waals surface area contributed by atoms with Crippen molar-refractivity contribution < 1.29 is 33.7 Å². The molecule has 7 nitrogen and oxygen atoms in total. The summed E-state index contributed by atoms with van der Waals surface area (Å²) in [6.45, 7) is 7.03. The van der Waals surface area contributed by atoms with E-state index in [1.54, 1.807) is 32.0 Å². The maximum atomic E-state index is 11.9. The number of carboxylic acids is 1. The third-order valence-electron chi connectivity index (χ3n) is 7.39. The van der Waals surface area contributed by atoms with Gasteiger partial charge in [-0.05, 0) is 85.8 Å². The lowest BCUT2D eigenvalue weighted by molar-refractivity contribution is -0.139. The third kappa shape index (κ3) is 8.24. The van der Waals surface area contributed by atoms with Crippen molar-refractivity contribution in [2.45, 2.75) is 27.7 Å². The number of benzene rings is 3. The van der Waals surface area contributed by atoms with Gasteiger partial charge in [-0.3, -0.25) is 9.59 Å². The second-order valence-electron chi connectivity index (χ2n) is 10.8. The molecular weight excluding hydrogens is 633 g/mol. The number of Topliss-reactive ketones (excluding diaryl/α,β-unsaturated/α-hetero) is 2. The minimum absolute atomic E-state index is 0.0387. The summed E-state index contributed by atoms with van der Waals surface area (Å²) in [5.74, 6) is 0.738. The van der Waals surface area contributed by atoms with Gasteiger partial charge in [-0.25, -0.2) is 4.79 Å². The molecule has 0 aliphatic carbocycles. The highest BCUT2D eigenvalue weighted by Crippen LogP contribution is 2.35. The van der Waals surface area contributed by atoms with Crippen LogP contribution in [0.15, 0.2) is 95.4 Å². The molecule has 0 saturated carbocycles. The molecule has 9 heteroatoms. The Morgan fingerprint density at radius 3 is 1.64 bits per heavy atom. The fourth-order valence-electron chi connectivity index (χ4n) is 4.96. The molecule has 0 atom stereocenters. The maximum Gasteiger partial charge on any atom is 0.341 e. The molecule has 2 aromatic heterocycles. The van der Waals surface area contributed by atoms with Crippen molar-refractivity contribution in [3.63, 3.8) is 0 Å². The van der Waals surface area contributed by atoms with Crippen LogP contribution in [0.25, 0.3) is 26.5 Å². The van der Waals surface area contributed by atoms with E-state index in [-0.39, 0.29) is 18.2 Å². The van der Waals surface area contributed by atoms with Gasteiger partial charge in [-0.2, -0.15) is 0 Å². The Balaban J connectivity index is 1.50. The quantitative estimate of drug-likeness (QED) is 0.0932. The summed E-state index contributed by atoms with van der Waals surface area (Å²) in [5, 5.41) is 12.7. The van der Waals surface area contributed by atoms with Crippen LogP contribution in [0.1, 0.15) is 58.2 Å². The number of hydrogen-bond donors (Lipinski definition) is 1. The molecule has 2 heterocycles. The van der Waals surface area contributed by atoms with Crippen molar-refractivity contribution in [3.05, 3.63) is 123 Å². The molecular formula is C38H34O7S2. The van der Waals surface area contributed by atoms with E-state index in [1.165, 1.54) is 22.7 Å². The van der Waals surface area contributed by atoms with Crippen LogP contribution < -0.4 is 9.47 Å². The predicted molar refractivity (Wildman–Crippen MR) is 187 cm³/mol. The van der Waals surface area contributed by atoms with Crippen LogP contribution in [-0.4, -0.2) is 42.5 Å². The first-order valence-electron chi connectivity index (χ1n) is 15.0. The van der Waals surface area contributed by atoms with Crippen LogP contribution in [-0.2, 0) is 9.53 Å². The summed E-state index contributed by atoms with van der Waals surface area (Å²) in [6.07, 6.45) is 0. The average Bonchev–Trinajstić information content (AvgIpc) is 3.76. The number of ether oxygens (including phenoxy) is 3. The van der Waals surface area contributed by atoms with E-state index < -0.39 is 12.6 Å². The van der Waals surface area contributed by atoms with Gasteiger partial charge >= 0.3 is 5.97 Å². The predicted octanol–water partition coefficient (Wildman–Crippen LogP) is 9.20. The van der Waals surface area contributed by atoms with Crippen molar-refractivity contribution in [1.82, 2.24) is 0 Å². The number of ketones is 2. The summed E-state index contributed by atoms with van der Waals surface area (Å²) in [6, 6.07) is 25.4. The van der Waals surface area contributed by atoms with Crippen LogP contribution in [0.5, 0.6) is 11.5 Å². The highest BCUT2D eigenvalue weighted by molar-refractivity contribution is 7.14. The third-order valence-corrected chi connectivity index (χ3v) is 9.35. The summed E-state index contributed by atoms with van der Waals surface area (Å²) in [7, 11) is 0. The number of carbonyl (C=O) groups excluding carboxylic acids is 2. The lowest BCUT2D eigenvalue weighted by Gasteiger charge is -2.18. The molecule has 0 fully saturated rings. The highest BCUT2D eigenvalue weighted by atomic mass is 32.1. The van der Waals surface area contributed by atoms with Crippen LogP contribution in [0.3, 0.4) is 0 Å².